The van der Waals surface area contributed by atoms with Crippen LogP contribution in [-0.2, 0) is 0 Å². The SMILES string of the molecule is NC(=O)N(Oc1cccc2ccccc12)c1ccccc1. The molecule has 0 unspecified atom stereocenters. The van der Waals surface area contributed by atoms with Crippen LogP contribution in [0.4, 0.5) is 10.5 Å². The van der Waals surface area contributed by atoms with Crippen LogP contribution in [0.15, 0.2) is 72.8 Å². The van der Waals surface area contributed by atoms with Crippen LogP contribution >= 0.6 is 0 Å². The number of hydrogen-bond donors (Lipinski definition) is 1. The van der Waals surface area contributed by atoms with Gasteiger partial charge in [-0.3, -0.25) is 0 Å². The first kappa shape index (κ1) is 13.0. The maximum absolute atomic E-state index is 11.7. The molecule has 0 aromatic heterocycles. The van der Waals surface area contributed by atoms with Crippen molar-refractivity contribution in [2.45, 2.75) is 0 Å². The molecule has 0 aliphatic carbocycles. The molecule has 4 nitrogen and oxygen atoms in total. The first-order chi connectivity index (χ1) is 10.3. The highest BCUT2D eigenvalue weighted by molar-refractivity contribution is 5.91. The minimum absolute atomic E-state index is 0.579. The van der Waals surface area contributed by atoms with Gasteiger partial charge in [-0.15, -0.1) is 5.06 Å². The van der Waals surface area contributed by atoms with E-state index in [1.54, 1.807) is 18.2 Å². The Kier molecular flexibility index (Phi) is 3.43. The molecule has 0 atom stereocenters. The predicted octanol–water partition coefficient (Wildman–Crippen LogP) is 3.72. The van der Waals surface area contributed by atoms with Crippen molar-refractivity contribution in [3.8, 4) is 5.75 Å². The summed E-state index contributed by atoms with van der Waals surface area (Å²) < 4.78 is 0. The number of nitrogens with two attached hydrogens (primary N) is 1. The third-order valence-corrected chi connectivity index (χ3v) is 3.13. The lowest BCUT2D eigenvalue weighted by Crippen LogP contribution is -2.38. The fourth-order valence-electron chi connectivity index (χ4n) is 2.16. The summed E-state index contributed by atoms with van der Waals surface area (Å²) in [6.45, 7) is 0. The van der Waals surface area contributed by atoms with Crippen molar-refractivity contribution in [2.75, 3.05) is 5.06 Å². The van der Waals surface area contributed by atoms with E-state index in [0.29, 0.717) is 11.4 Å². The van der Waals surface area contributed by atoms with E-state index in [-0.39, 0.29) is 0 Å². The van der Waals surface area contributed by atoms with Gasteiger partial charge in [0.15, 0.2) is 5.75 Å². The molecule has 0 heterocycles. The van der Waals surface area contributed by atoms with Crippen molar-refractivity contribution in [3.63, 3.8) is 0 Å². The highest BCUT2D eigenvalue weighted by Gasteiger charge is 2.15. The number of carbonyl (C=O) groups is 1. The predicted molar refractivity (Wildman–Crippen MR) is 83.1 cm³/mol. The molecule has 0 fully saturated rings. The van der Waals surface area contributed by atoms with E-state index in [4.69, 9.17) is 10.6 Å². The maximum Gasteiger partial charge on any atom is 0.352 e. The van der Waals surface area contributed by atoms with Crippen LogP contribution in [0.3, 0.4) is 0 Å². The number of fused-ring (bicyclic) bond motifs is 1. The second-order valence-electron chi connectivity index (χ2n) is 4.54. The van der Waals surface area contributed by atoms with Gasteiger partial charge in [0.2, 0.25) is 0 Å². The van der Waals surface area contributed by atoms with Gasteiger partial charge in [0.05, 0.1) is 5.69 Å². The van der Waals surface area contributed by atoms with Crippen LogP contribution in [0.25, 0.3) is 10.8 Å². The van der Waals surface area contributed by atoms with Crippen LogP contribution in [0, 0.1) is 0 Å². The van der Waals surface area contributed by atoms with Gasteiger partial charge in [-0.1, -0.05) is 54.6 Å². The molecular formula is C17H14N2O2. The Morgan fingerprint density at radius 2 is 1.52 bits per heavy atom. The monoisotopic (exact) mass is 278 g/mol. The molecule has 4 heteroatoms. The van der Waals surface area contributed by atoms with Gasteiger partial charge in [-0.25, -0.2) is 4.79 Å². The minimum Gasteiger partial charge on any atom is -0.370 e. The molecule has 21 heavy (non-hydrogen) atoms. The minimum atomic E-state index is -0.672. The molecule has 104 valence electrons. The molecule has 0 bridgehead atoms. The van der Waals surface area contributed by atoms with E-state index in [0.717, 1.165) is 15.8 Å². The van der Waals surface area contributed by atoms with Gasteiger partial charge < -0.3 is 10.6 Å². The Hall–Kier alpha value is -3.01. The number of hydroxylamine groups is 1. The van der Waals surface area contributed by atoms with Crippen LogP contribution in [0.1, 0.15) is 0 Å². The number of hydrogen-bond acceptors (Lipinski definition) is 2. The van der Waals surface area contributed by atoms with Gasteiger partial charge in [-0.05, 0) is 23.6 Å². The molecule has 0 saturated carbocycles. The summed E-state index contributed by atoms with van der Waals surface area (Å²) in [5.74, 6) is 0.579. The first-order valence-corrected chi connectivity index (χ1v) is 6.56. The van der Waals surface area contributed by atoms with Crippen molar-refractivity contribution in [2.24, 2.45) is 5.73 Å². The van der Waals surface area contributed by atoms with E-state index in [1.807, 2.05) is 54.6 Å². The van der Waals surface area contributed by atoms with Crippen molar-refractivity contribution < 1.29 is 9.63 Å². The largest absolute Gasteiger partial charge is 0.370 e. The van der Waals surface area contributed by atoms with Gasteiger partial charge in [-0.2, -0.15) is 0 Å². The summed E-state index contributed by atoms with van der Waals surface area (Å²) in [6, 6.07) is 21.8. The Balaban J connectivity index is 2.01. The van der Waals surface area contributed by atoms with E-state index in [2.05, 4.69) is 0 Å². The summed E-state index contributed by atoms with van der Waals surface area (Å²) in [5, 5.41) is 3.04. The third-order valence-electron chi connectivity index (χ3n) is 3.13. The average molecular weight is 278 g/mol. The fourth-order valence-corrected chi connectivity index (χ4v) is 2.16. The number of carbonyl (C=O) groups excluding carboxylic acids is 1. The van der Waals surface area contributed by atoms with Crippen molar-refractivity contribution >= 4 is 22.5 Å². The Morgan fingerprint density at radius 1 is 0.857 bits per heavy atom. The lowest BCUT2D eigenvalue weighted by Gasteiger charge is -2.21. The number of anilines is 1. The Bertz CT molecular complexity index is 767. The van der Waals surface area contributed by atoms with Gasteiger partial charge in [0.1, 0.15) is 0 Å². The molecule has 2 amide bonds. The lowest BCUT2D eigenvalue weighted by atomic mass is 10.1. The standard InChI is InChI=1S/C17H14N2O2/c18-17(20)19(14-9-2-1-3-10-14)21-16-12-6-8-13-7-4-5-11-15(13)16/h1-12H,(H2,18,20). The lowest BCUT2D eigenvalue weighted by molar-refractivity contribution is 0.222. The van der Waals surface area contributed by atoms with Crippen molar-refractivity contribution in [1.82, 2.24) is 0 Å². The third kappa shape index (κ3) is 2.65. The molecule has 0 aliphatic heterocycles. The number of urea groups is 1. The quantitative estimate of drug-likeness (QED) is 0.742. The number of rotatable bonds is 3. The molecule has 2 N–H and O–H groups in total. The van der Waals surface area contributed by atoms with Gasteiger partial charge in [0.25, 0.3) is 0 Å². The Labute approximate surface area is 122 Å². The summed E-state index contributed by atoms with van der Waals surface area (Å²) in [5.41, 5.74) is 6.00. The number of primary amides is 1. The molecule has 3 aromatic carbocycles. The Morgan fingerprint density at radius 3 is 2.29 bits per heavy atom. The summed E-state index contributed by atoms with van der Waals surface area (Å²) >= 11 is 0. The normalized spacial score (nSPS) is 10.3. The van der Waals surface area contributed by atoms with Gasteiger partial charge in [0, 0.05) is 5.39 Å². The molecule has 3 rings (SSSR count). The van der Waals surface area contributed by atoms with E-state index in [1.165, 1.54) is 0 Å². The number of nitrogens with zero attached hydrogens (tertiary/aromatic N) is 1. The average Bonchev–Trinajstić information content (AvgIpc) is 2.53. The maximum atomic E-state index is 11.7. The van der Waals surface area contributed by atoms with Crippen molar-refractivity contribution in [1.29, 1.82) is 0 Å². The van der Waals surface area contributed by atoms with Crippen LogP contribution in [0.5, 0.6) is 5.75 Å². The van der Waals surface area contributed by atoms with Crippen LogP contribution in [-0.4, -0.2) is 6.03 Å². The first-order valence-electron chi connectivity index (χ1n) is 6.56. The van der Waals surface area contributed by atoms with Crippen molar-refractivity contribution in [3.05, 3.63) is 72.8 Å². The molecule has 0 saturated heterocycles. The molecule has 0 spiro atoms. The fraction of sp³-hybridized carbons (Fsp3) is 0. The summed E-state index contributed by atoms with van der Waals surface area (Å²) in [7, 11) is 0. The van der Waals surface area contributed by atoms with Crippen LogP contribution in [0.2, 0.25) is 0 Å². The van der Waals surface area contributed by atoms with E-state index < -0.39 is 6.03 Å². The highest BCUT2D eigenvalue weighted by atomic mass is 16.7. The highest BCUT2D eigenvalue weighted by Crippen LogP contribution is 2.27. The summed E-state index contributed by atoms with van der Waals surface area (Å²) in [4.78, 5) is 17.4. The molecule has 0 aliphatic rings. The molecule has 0 radical (unpaired) electrons. The zero-order valence-corrected chi connectivity index (χ0v) is 11.3. The topological polar surface area (TPSA) is 55.6 Å². The second-order valence-corrected chi connectivity index (χ2v) is 4.54. The van der Waals surface area contributed by atoms with E-state index in [9.17, 15) is 4.79 Å². The summed E-state index contributed by atoms with van der Waals surface area (Å²) in [6.07, 6.45) is 0. The number of para-hydroxylation sites is 1. The number of benzene rings is 3. The van der Waals surface area contributed by atoms with Gasteiger partial charge >= 0.3 is 6.03 Å². The van der Waals surface area contributed by atoms with Crippen LogP contribution < -0.4 is 15.6 Å². The molecule has 3 aromatic rings. The zero-order valence-electron chi connectivity index (χ0n) is 11.3. The molecular weight excluding hydrogens is 264 g/mol. The number of amides is 2. The van der Waals surface area contributed by atoms with E-state index >= 15 is 0 Å². The zero-order chi connectivity index (χ0) is 14.7. The smallest absolute Gasteiger partial charge is 0.352 e. The second kappa shape index (κ2) is 5.54.